The summed E-state index contributed by atoms with van der Waals surface area (Å²) in [6.45, 7) is 0.710. The molecule has 0 spiro atoms. The van der Waals surface area contributed by atoms with Crippen molar-refractivity contribution >= 4 is 23.2 Å². The van der Waals surface area contributed by atoms with Crippen molar-refractivity contribution in [3.8, 4) is 0 Å². The summed E-state index contributed by atoms with van der Waals surface area (Å²) in [4.78, 5) is 25.9. The number of hydrogen-bond acceptors (Lipinski definition) is 2. The molecular formula is C17H14N2O2. The zero-order chi connectivity index (χ0) is 14.4. The maximum absolute atomic E-state index is 12.7. The average Bonchev–Trinajstić information content (AvgIpc) is 3.07. The zero-order valence-corrected chi connectivity index (χ0v) is 11.4. The van der Waals surface area contributed by atoms with Gasteiger partial charge in [-0.15, -0.1) is 0 Å². The Morgan fingerprint density at radius 2 is 1.95 bits per heavy atom. The van der Waals surface area contributed by atoms with Crippen molar-refractivity contribution in [1.82, 2.24) is 0 Å². The van der Waals surface area contributed by atoms with Crippen LogP contribution in [0.2, 0.25) is 0 Å². The second-order valence-corrected chi connectivity index (χ2v) is 5.43. The monoisotopic (exact) mass is 278 g/mol. The Labute approximate surface area is 122 Å². The van der Waals surface area contributed by atoms with Crippen LogP contribution in [0.5, 0.6) is 0 Å². The molecule has 0 radical (unpaired) electrons. The summed E-state index contributed by atoms with van der Waals surface area (Å²) in [6, 6.07) is 13.4. The Hall–Kier alpha value is -2.62. The number of para-hydroxylation sites is 1. The Morgan fingerprint density at radius 1 is 1.10 bits per heavy atom. The molecule has 2 aliphatic rings. The Balaban J connectivity index is 1.68. The topological polar surface area (TPSA) is 49.4 Å². The van der Waals surface area contributed by atoms with E-state index in [2.05, 4.69) is 11.4 Å². The number of hydrogen-bond donors (Lipinski definition) is 1. The molecule has 0 saturated carbocycles. The minimum atomic E-state index is -0.0129. The molecule has 0 fully saturated rings. The van der Waals surface area contributed by atoms with E-state index in [1.54, 1.807) is 6.07 Å². The molecule has 2 amide bonds. The fourth-order valence-corrected chi connectivity index (χ4v) is 3.05. The predicted octanol–water partition coefficient (Wildman–Crippen LogP) is 2.38. The van der Waals surface area contributed by atoms with Gasteiger partial charge >= 0.3 is 0 Å². The van der Waals surface area contributed by atoms with E-state index in [1.165, 1.54) is 5.56 Å². The molecule has 0 aliphatic carbocycles. The highest BCUT2D eigenvalue weighted by Crippen LogP contribution is 2.30. The van der Waals surface area contributed by atoms with Crippen LogP contribution in [0.25, 0.3) is 0 Å². The number of nitrogens with one attached hydrogen (secondary N) is 1. The van der Waals surface area contributed by atoms with Gasteiger partial charge < -0.3 is 10.2 Å². The van der Waals surface area contributed by atoms with Gasteiger partial charge in [-0.25, -0.2) is 0 Å². The molecule has 2 heterocycles. The maximum Gasteiger partial charge on any atom is 0.258 e. The van der Waals surface area contributed by atoms with Crippen LogP contribution in [0.4, 0.5) is 11.4 Å². The molecule has 1 N–H and O–H groups in total. The van der Waals surface area contributed by atoms with Crippen molar-refractivity contribution in [3.63, 3.8) is 0 Å². The second kappa shape index (κ2) is 4.45. The van der Waals surface area contributed by atoms with E-state index in [9.17, 15) is 9.59 Å². The van der Waals surface area contributed by atoms with Crippen LogP contribution in [0.15, 0.2) is 42.5 Å². The van der Waals surface area contributed by atoms with E-state index in [-0.39, 0.29) is 11.8 Å². The van der Waals surface area contributed by atoms with E-state index in [0.717, 1.165) is 23.4 Å². The predicted molar refractivity (Wildman–Crippen MR) is 80.6 cm³/mol. The maximum atomic E-state index is 12.7. The lowest BCUT2D eigenvalue weighted by molar-refractivity contribution is -0.115. The van der Waals surface area contributed by atoms with Gasteiger partial charge in [0.15, 0.2) is 0 Å². The first-order chi connectivity index (χ1) is 10.2. The van der Waals surface area contributed by atoms with Crippen LogP contribution in [0, 0.1) is 0 Å². The third-order valence-electron chi connectivity index (χ3n) is 4.11. The number of carbonyl (C=O) groups excluding carboxylic acids is 2. The molecule has 4 nitrogen and oxygen atoms in total. The van der Waals surface area contributed by atoms with Gasteiger partial charge in [0.1, 0.15) is 0 Å². The highest BCUT2D eigenvalue weighted by Gasteiger charge is 2.26. The number of anilines is 2. The molecule has 0 bridgehead atoms. The summed E-state index contributed by atoms with van der Waals surface area (Å²) >= 11 is 0. The first kappa shape index (κ1) is 12.1. The second-order valence-electron chi connectivity index (χ2n) is 5.43. The molecule has 0 saturated heterocycles. The highest BCUT2D eigenvalue weighted by molar-refractivity contribution is 6.09. The summed E-state index contributed by atoms with van der Waals surface area (Å²) in [5, 5.41) is 2.79. The summed E-state index contributed by atoms with van der Waals surface area (Å²) in [5.41, 5.74) is 4.54. The molecule has 2 aromatic carbocycles. The minimum absolute atomic E-state index is 0.0103. The Morgan fingerprint density at radius 3 is 2.86 bits per heavy atom. The third kappa shape index (κ3) is 1.91. The van der Waals surface area contributed by atoms with E-state index in [4.69, 9.17) is 0 Å². The number of benzene rings is 2. The van der Waals surface area contributed by atoms with Gasteiger partial charge in [0, 0.05) is 23.5 Å². The normalized spacial score (nSPS) is 15.6. The molecule has 0 atom stereocenters. The molecule has 4 heteroatoms. The van der Waals surface area contributed by atoms with Gasteiger partial charge in [-0.1, -0.05) is 24.3 Å². The molecule has 0 aromatic heterocycles. The number of nitrogens with zero attached hydrogens (tertiary/aromatic N) is 1. The van der Waals surface area contributed by atoms with Crippen LogP contribution in [0.3, 0.4) is 0 Å². The smallest absolute Gasteiger partial charge is 0.258 e. The molecule has 21 heavy (non-hydrogen) atoms. The average molecular weight is 278 g/mol. The number of rotatable bonds is 1. The minimum Gasteiger partial charge on any atom is -0.326 e. The van der Waals surface area contributed by atoms with Crippen molar-refractivity contribution < 1.29 is 9.59 Å². The summed E-state index contributed by atoms with van der Waals surface area (Å²) < 4.78 is 0. The van der Waals surface area contributed by atoms with E-state index in [1.807, 2.05) is 35.2 Å². The molecule has 2 aromatic rings. The Bertz CT molecular complexity index is 767. The van der Waals surface area contributed by atoms with Crippen molar-refractivity contribution in [2.75, 3.05) is 16.8 Å². The van der Waals surface area contributed by atoms with Gasteiger partial charge in [0.05, 0.1) is 6.42 Å². The summed E-state index contributed by atoms with van der Waals surface area (Å²) in [5.74, 6) is -0.0231. The fraction of sp³-hybridized carbons (Fsp3) is 0.176. The quantitative estimate of drug-likeness (QED) is 0.870. The molecule has 104 valence electrons. The number of fused-ring (bicyclic) bond motifs is 2. The lowest BCUT2D eigenvalue weighted by Crippen LogP contribution is -2.28. The SMILES string of the molecule is O=C1Cc2ccc(C(=O)N3CCc4ccccc43)cc2N1. The Kier molecular flexibility index (Phi) is 2.57. The van der Waals surface area contributed by atoms with Gasteiger partial charge in [-0.05, 0) is 35.7 Å². The molecular weight excluding hydrogens is 264 g/mol. The van der Waals surface area contributed by atoms with Gasteiger partial charge in [-0.2, -0.15) is 0 Å². The first-order valence-corrected chi connectivity index (χ1v) is 7.05. The highest BCUT2D eigenvalue weighted by atomic mass is 16.2. The van der Waals surface area contributed by atoms with E-state index in [0.29, 0.717) is 18.5 Å². The van der Waals surface area contributed by atoms with Crippen LogP contribution in [-0.4, -0.2) is 18.4 Å². The first-order valence-electron chi connectivity index (χ1n) is 7.05. The summed E-state index contributed by atoms with van der Waals surface area (Å²) in [6.07, 6.45) is 1.29. The van der Waals surface area contributed by atoms with E-state index < -0.39 is 0 Å². The van der Waals surface area contributed by atoms with Crippen LogP contribution in [0.1, 0.15) is 21.5 Å². The standard InChI is InChI=1S/C17H14N2O2/c20-16-10-12-5-6-13(9-14(12)18-16)17(21)19-8-7-11-3-1-2-4-15(11)19/h1-6,9H,7-8,10H2,(H,18,20). The van der Waals surface area contributed by atoms with Crippen molar-refractivity contribution in [3.05, 3.63) is 59.2 Å². The van der Waals surface area contributed by atoms with Crippen LogP contribution < -0.4 is 10.2 Å². The largest absolute Gasteiger partial charge is 0.326 e. The lowest BCUT2D eigenvalue weighted by atomic mass is 10.1. The zero-order valence-electron chi connectivity index (χ0n) is 11.4. The van der Waals surface area contributed by atoms with Gasteiger partial charge in [0.25, 0.3) is 5.91 Å². The van der Waals surface area contributed by atoms with Gasteiger partial charge in [-0.3, -0.25) is 9.59 Å². The van der Waals surface area contributed by atoms with Crippen LogP contribution >= 0.6 is 0 Å². The number of carbonyl (C=O) groups is 2. The molecule has 2 aliphatic heterocycles. The lowest BCUT2D eigenvalue weighted by Gasteiger charge is -2.17. The van der Waals surface area contributed by atoms with Crippen molar-refractivity contribution in [2.45, 2.75) is 12.8 Å². The van der Waals surface area contributed by atoms with Gasteiger partial charge in [0.2, 0.25) is 5.91 Å². The molecule has 0 unspecified atom stereocenters. The van der Waals surface area contributed by atoms with E-state index >= 15 is 0 Å². The van der Waals surface area contributed by atoms with Crippen LogP contribution in [-0.2, 0) is 17.6 Å². The molecule has 4 rings (SSSR count). The number of amides is 2. The fourth-order valence-electron chi connectivity index (χ4n) is 3.05. The van der Waals surface area contributed by atoms with Crippen molar-refractivity contribution in [1.29, 1.82) is 0 Å². The summed E-state index contributed by atoms with van der Waals surface area (Å²) in [7, 11) is 0. The van der Waals surface area contributed by atoms with Crippen molar-refractivity contribution in [2.24, 2.45) is 0 Å². The third-order valence-corrected chi connectivity index (χ3v) is 4.11.